The van der Waals surface area contributed by atoms with Crippen molar-refractivity contribution < 1.29 is 17.9 Å². The first-order valence-electron chi connectivity index (χ1n) is 6.84. The van der Waals surface area contributed by atoms with E-state index in [1.165, 1.54) is 37.8 Å². The van der Waals surface area contributed by atoms with E-state index in [0.717, 1.165) is 25.0 Å². The van der Waals surface area contributed by atoms with E-state index in [1.54, 1.807) is 0 Å². The third-order valence-electron chi connectivity index (χ3n) is 2.95. The minimum atomic E-state index is -4.28. The van der Waals surface area contributed by atoms with Gasteiger partial charge in [0, 0.05) is 0 Å². The fourth-order valence-electron chi connectivity index (χ4n) is 1.81. The average molecular weight is 274 g/mol. The van der Waals surface area contributed by atoms with Crippen LogP contribution in [0.3, 0.4) is 0 Å². The van der Waals surface area contributed by atoms with Crippen LogP contribution in [0.1, 0.15) is 51.0 Å². The molecule has 0 aliphatic rings. The Hall–Kier alpha value is -1.19. The van der Waals surface area contributed by atoms with E-state index in [0.29, 0.717) is 12.4 Å². The minimum Gasteiger partial charge on any atom is -0.494 e. The Labute approximate surface area is 112 Å². The summed E-state index contributed by atoms with van der Waals surface area (Å²) in [6.45, 7) is 2.74. The Bertz CT molecular complexity index is 343. The van der Waals surface area contributed by atoms with Gasteiger partial charge in [0.1, 0.15) is 5.75 Å². The topological polar surface area (TPSA) is 9.23 Å². The summed E-state index contributed by atoms with van der Waals surface area (Å²) < 4.78 is 42.4. The van der Waals surface area contributed by atoms with Gasteiger partial charge in [-0.1, -0.05) is 39.0 Å². The smallest absolute Gasteiger partial charge is 0.416 e. The van der Waals surface area contributed by atoms with Gasteiger partial charge >= 0.3 is 6.18 Å². The molecule has 4 heteroatoms. The van der Waals surface area contributed by atoms with Crippen molar-refractivity contribution in [2.24, 2.45) is 0 Å². The standard InChI is InChI=1S/C15H21F3O/c1-2-3-4-5-6-7-12-19-14-10-8-13(9-11-14)15(16,17)18/h8-11H,2-7,12H2,1H3. The molecule has 0 unspecified atom stereocenters. The largest absolute Gasteiger partial charge is 0.494 e. The zero-order valence-corrected chi connectivity index (χ0v) is 11.3. The molecule has 0 saturated heterocycles. The third-order valence-corrected chi connectivity index (χ3v) is 2.95. The number of ether oxygens (including phenoxy) is 1. The van der Waals surface area contributed by atoms with Crippen LogP contribution in [0.5, 0.6) is 5.75 Å². The van der Waals surface area contributed by atoms with E-state index in [-0.39, 0.29) is 0 Å². The van der Waals surface area contributed by atoms with Gasteiger partial charge in [-0.15, -0.1) is 0 Å². The maximum atomic E-state index is 12.3. The number of benzene rings is 1. The molecule has 0 aliphatic carbocycles. The lowest BCUT2D eigenvalue weighted by molar-refractivity contribution is -0.137. The fourth-order valence-corrected chi connectivity index (χ4v) is 1.81. The highest BCUT2D eigenvalue weighted by molar-refractivity contribution is 5.28. The zero-order chi connectivity index (χ0) is 14.1. The average Bonchev–Trinajstić information content (AvgIpc) is 2.37. The molecule has 0 bridgehead atoms. The lowest BCUT2D eigenvalue weighted by Gasteiger charge is -2.09. The summed E-state index contributed by atoms with van der Waals surface area (Å²) in [5, 5.41) is 0. The van der Waals surface area contributed by atoms with E-state index in [9.17, 15) is 13.2 Å². The molecule has 108 valence electrons. The summed E-state index contributed by atoms with van der Waals surface area (Å²) in [6, 6.07) is 4.85. The van der Waals surface area contributed by atoms with Crippen LogP contribution >= 0.6 is 0 Å². The normalized spacial score (nSPS) is 11.6. The molecule has 0 fully saturated rings. The van der Waals surface area contributed by atoms with Crippen LogP contribution in [0.25, 0.3) is 0 Å². The van der Waals surface area contributed by atoms with Gasteiger partial charge in [0.15, 0.2) is 0 Å². The molecule has 0 saturated carbocycles. The molecule has 0 heterocycles. The maximum absolute atomic E-state index is 12.3. The molecule has 0 amide bonds. The van der Waals surface area contributed by atoms with Gasteiger partial charge in [0.25, 0.3) is 0 Å². The Morgan fingerprint density at radius 1 is 0.895 bits per heavy atom. The SMILES string of the molecule is CCCCCCCCOc1ccc(C(F)(F)F)cc1. The van der Waals surface area contributed by atoms with Crippen molar-refractivity contribution in [2.75, 3.05) is 6.61 Å². The van der Waals surface area contributed by atoms with Crippen molar-refractivity contribution >= 4 is 0 Å². The molecule has 0 spiro atoms. The highest BCUT2D eigenvalue weighted by Crippen LogP contribution is 2.30. The molecule has 19 heavy (non-hydrogen) atoms. The molecule has 1 rings (SSSR count). The lowest BCUT2D eigenvalue weighted by atomic mass is 10.1. The molecule has 0 radical (unpaired) electrons. The number of halogens is 3. The molecule has 1 nitrogen and oxygen atoms in total. The van der Waals surface area contributed by atoms with Crippen LogP contribution in [0, 0.1) is 0 Å². The van der Waals surface area contributed by atoms with Crippen molar-refractivity contribution in [1.82, 2.24) is 0 Å². The van der Waals surface area contributed by atoms with Crippen molar-refractivity contribution in [3.05, 3.63) is 29.8 Å². The summed E-state index contributed by atoms with van der Waals surface area (Å²) in [5.41, 5.74) is -0.639. The first-order valence-corrected chi connectivity index (χ1v) is 6.84. The van der Waals surface area contributed by atoms with Crippen LogP contribution < -0.4 is 4.74 Å². The second-order valence-electron chi connectivity index (χ2n) is 4.64. The van der Waals surface area contributed by atoms with E-state index in [4.69, 9.17) is 4.74 Å². The number of hydrogen-bond donors (Lipinski definition) is 0. The summed E-state index contributed by atoms with van der Waals surface area (Å²) in [5.74, 6) is 0.501. The Morgan fingerprint density at radius 3 is 2.05 bits per heavy atom. The molecule has 0 aliphatic heterocycles. The lowest BCUT2D eigenvalue weighted by Crippen LogP contribution is -2.04. The minimum absolute atomic E-state index is 0.501. The monoisotopic (exact) mass is 274 g/mol. The number of hydrogen-bond acceptors (Lipinski definition) is 1. The molecular formula is C15H21F3O. The number of rotatable bonds is 8. The van der Waals surface area contributed by atoms with E-state index in [2.05, 4.69) is 6.92 Å². The van der Waals surface area contributed by atoms with Crippen LogP contribution in [-0.4, -0.2) is 6.61 Å². The molecule has 1 aromatic rings. The zero-order valence-electron chi connectivity index (χ0n) is 11.3. The maximum Gasteiger partial charge on any atom is 0.416 e. The van der Waals surface area contributed by atoms with Crippen LogP contribution in [0.4, 0.5) is 13.2 Å². The van der Waals surface area contributed by atoms with Crippen LogP contribution in [-0.2, 0) is 6.18 Å². The fraction of sp³-hybridized carbons (Fsp3) is 0.600. The Balaban J connectivity index is 2.20. The highest BCUT2D eigenvalue weighted by atomic mass is 19.4. The summed E-state index contributed by atoms with van der Waals surface area (Å²) in [6.07, 6.45) is 2.71. The van der Waals surface area contributed by atoms with Gasteiger partial charge in [0.2, 0.25) is 0 Å². The van der Waals surface area contributed by atoms with Gasteiger partial charge in [-0.25, -0.2) is 0 Å². The van der Waals surface area contributed by atoms with E-state index in [1.807, 2.05) is 0 Å². The summed E-state index contributed by atoms with van der Waals surface area (Å²) in [4.78, 5) is 0. The van der Waals surface area contributed by atoms with E-state index < -0.39 is 11.7 Å². The molecule has 0 atom stereocenters. The van der Waals surface area contributed by atoms with Crippen molar-refractivity contribution in [2.45, 2.75) is 51.6 Å². The molecule has 1 aromatic carbocycles. The van der Waals surface area contributed by atoms with Gasteiger partial charge in [0.05, 0.1) is 12.2 Å². The van der Waals surface area contributed by atoms with Crippen LogP contribution in [0.15, 0.2) is 24.3 Å². The second kappa shape index (κ2) is 8.08. The first kappa shape index (κ1) is 15.9. The quantitative estimate of drug-likeness (QED) is 0.573. The Morgan fingerprint density at radius 2 is 1.47 bits per heavy atom. The molecule has 0 N–H and O–H groups in total. The highest BCUT2D eigenvalue weighted by Gasteiger charge is 2.29. The Kier molecular flexibility index (Phi) is 6.74. The van der Waals surface area contributed by atoms with Gasteiger partial charge in [-0.2, -0.15) is 13.2 Å². The predicted octanol–water partition coefficient (Wildman–Crippen LogP) is 5.44. The van der Waals surface area contributed by atoms with Crippen molar-refractivity contribution in [1.29, 1.82) is 0 Å². The molecular weight excluding hydrogens is 253 g/mol. The van der Waals surface area contributed by atoms with Crippen LogP contribution in [0.2, 0.25) is 0 Å². The number of alkyl halides is 3. The molecule has 0 aromatic heterocycles. The second-order valence-corrected chi connectivity index (χ2v) is 4.64. The van der Waals surface area contributed by atoms with Crippen molar-refractivity contribution in [3.63, 3.8) is 0 Å². The van der Waals surface area contributed by atoms with Gasteiger partial charge in [-0.05, 0) is 30.7 Å². The van der Waals surface area contributed by atoms with Gasteiger partial charge in [-0.3, -0.25) is 0 Å². The predicted molar refractivity (Wildman–Crippen MR) is 70.3 cm³/mol. The van der Waals surface area contributed by atoms with Gasteiger partial charge < -0.3 is 4.74 Å². The summed E-state index contributed by atoms with van der Waals surface area (Å²) >= 11 is 0. The summed E-state index contributed by atoms with van der Waals surface area (Å²) in [7, 11) is 0. The third kappa shape index (κ3) is 6.50. The van der Waals surface area contributed by atoms with Crippen molar-refractivity contribution in [3.8, 4) is 5.75 Å². The number of unbranched alkanes of at least 4 members (excludes halogenated alkanes) is 5. The first-order chi connectivity index (χ1) is 9.04. The van der Waals surface area contributed by atoms with E-state index >= 15 is 0 Å².